The highest BCUT2D eigenvalue weighted by Crippen LogP contribution is 2.38. The molecule has 0 aromatic rings. The molecule has 2 atom stereocenters. The molecule has 0 radical (unpaired) electrons. The fraction of sp³-hybridized carbons (Fsp3) is 0.556. The third-order valence-corrected chi connectivity index (χ3v) is 3.65. The summed E-state index contributed by atoms with van der Waals surface area (Å²) in [6.07, 6.45) is 6.16. The number of thioether (sulfide) groups is 1. The number of amides is 1. The van der Waals surface area contributed by atoms with Gasteiger partial charge in [-0.25, -0.2) is 4.79 Å². The van der Waals surface area contributed by atoms with Crippen molar-refractivity contribution < 1.29 is 9.63 Å². The van der Waals surface area contributed by atoms with Crippen LogP contribution in [0.1, 0.15) is 12.8 Å². The Morgan fingerprint density at radius 3 is 3.00 bits per heavy atom. The van der Waals surface area contributed by atoms with Crippen LogP contribution in [-0.4, -0.2) is 23.4 Å². The predicted octanol–water partition coefficient (Wildman–Crippen LogP) is 1.74. The average Bonchev–Trinajstić information content (AvgIpc) is 2.27. The van der Waals surface area contributed by atoms with Crippen molar-refractivity contribution in [3.63, 3.8) is 0 Å². The molecule has 4 nitrogen and oxygen atoms in total. The van der Waals surface area contributed by atoms with Gasteiger partial charge in [0.2, 0.25) is 0 Å². The largest absolute Gasteiger partial charge is 0.433 e. The van der Waals surface area contributed by atoms with E-state index in [9.17, 15) is 4.79 Å². The molecule has 1 fully saturated rings. The molecule has 2 heterocycles. The number of nitrogens with one attached hydrogen (secondary N) is 1. The highest BCUT2D eigenvalue weighted by atomic mass is 32.2. The molecule has 0 spiro atoms. The van der Waals surface area contributed by atoms with E-state index in [4.69, 9.17) is 0 Å². The van der Waals surface area contributed by atoms with Crippen molar-refractivity contribution >= 4 is 22.9 Å². The van der Waals surface area contributed by atoms with E-state index in [2.05, 4.69) is 27.5 Å². The van der Waals surface area contributed by atoms with Gasteiger partial charge in [0.15, 0.2) is 0 Å². The molecule has 1 aliphatic carbocycles. The summed E-state index contributed by atoms with van der Waals surface area (Å²) in [5, 5.41) is 7.65. The standard InChI is InChI=1S/C9H12N2O2S/c1-10-9(12)13-11-8-6-2-4-7(14-8)5-3-6/h2,4,6-7H,3,5H2,1H3,(H,10,12). The number of carbonyl (C=O) groups is 1. The second-order valence-electron chi connectivity index (χ2n) is 3.28. The normalized spacial score (nSPS) is 31.9. The van der Waals surface area contributed by atoms with Crippen LogP contribution >= 0.6 is 11.8 Å². The maximum Gasteiger partial charge on any atom is 0.433 e. The lowest BCUT2D eigenvalue weighted by Crippen LogP contribution is -2.26. The molecule has 2 unspecified atom stereocenters. The molecule has 3 rings (SSSR count). The molecule has 14 heavy (non-hydrogen) atoms. The third-order valence-electron chi connectivity index (χ3n) is 2.33. The second kappa shape index (κ2) is 4.04. The van der Waals surface area contributed by atoms with E-state index in [1.54, 1.807) is 11.8 Å². The summed E-state index contributed by atoms with van der Waals surface area (Å²) in [6, 6.07) is 0. The maximum atomic E-state index is 10.8. The Labute approximate surface area is 86.8 Å². The van der Waals surface area contributed by atoms with Crippen molar-refractivity contribution in [2.75, 3.05) is 7.05 Å². The predicted molar refractivity (Wildman–Crippen MR) is 56.2 cm³/mol. The van der Waals surface area contributed by atoms with Crippen LogP contribution in [0.25, 0.3) is 0 Å². The van der Waals surface area contributed by atoms with Crippen molar-refractivity contribution in [1.29, 1.82) is 0 Å². The number of oxime groups is 1. The monoisotopic (exact) mass is 212 g/mol. The topological polar surface area (TPSA) is 50.7 Å². The van der Waals surface area contributed by atoms with E-state index in [0.717, 1.165) is 11.5 Å². The minimum absolute atomic E-state index is 0.356. The fourth-order valence-electron chi connectivity index (χ4n) is 1.56. The number of carbonyl (C=O) groups excluding carboxylic acids is 1. The Morgan fingerprint density at radius 1 is 1.64 bits per heavy atom. The van der Waals surface area contributed by atoms with Gasteiger partial charge in [0.05, 0.1) is 0 Å². The second-order valence-corrected chi connectivity index (χ2v) is 4.54. The summed E-state index contributed by atoms with van der Waals surface area (Å²) in [7, 11) is 1.52. The van der Waals surface area contributed by atoms with Crippen molar-refractivity contribution in [2.45, 2.75) is 18.1 Å². The molecule has 2 aliphatic heterocycles. The van der Waals surface area contributed by atoms with Crippen LogP contribution in [0.15, 0.2) is 17.3 Å². The van der Waals surface area contributed by atoms with Crippen LogP contribution in [0.4, 0.5) is 4.79 Å². The van der Waals surface area contributed by atoms with E-state index in [1.165, 1.54) is 13.5 Å². The molecule has 76 valence electrons. The van der Waals surface area contributed by atoms with Crippen LogP contribution in [0, 0.1) is 5.92 Å². The van der Waals surface area contributed by atoms with E-state index in [-0.39, 0.29) is 0 Å². The average molecular weight is 212 g/mol. The van der Waals surface area contributed by atoms with Crippen LogP contribution in [0.2, 0.25) is 0 Å². The zero-order valence-electron chi connectivity index (χ0n) is 7.90. The molecular weight excluding hydrogens is 200 g/mol. The van der Waals surface area contributed by atoms with Crippen LogP contribution in [0.5, 0.6) is 0 Å². The van der Waals surface area contributed by atoms with Crippen molar-refractivity contribution in [3.8, 4) is 0 Å². The smallest absolute Gasteiger partial charge is 0.323 e. The Morgan fingerprint density at radius 2 is 2.50 bits per heavy atom. The molecule has 1 N–H and O–H groups in total. The lowest BCUT2D eigenvalue weighted by Gasteiger charge is -2.30. The highest BCUT2D eigenvalue weighted by molar-refractivity contribution is 8.14. The number of nitrogens with zero attached hydrogens (tertiary/aromatic N) is 1. The molecule has 3 aliphatic rings. The molecule has 0 aromatic carbocycles. The van der Waals surface area contributed by atoms with Gasteiger partial charge in [0, 0.05) is 18.2 Å². The molecular formula is C9H12N2O2S. The summed E-state index contributed by atoms with van der Waals surface area (Å²) in [4.78, 5) is 15.5. The summed E-state index contributed by atoms with van der Waals surface area (Å²) in [6.45, 7) is 0. The van der Waals surface area contributed by atoms with Crippen LogP contribution in [-0.2, 0) is 4.84 Å². The number of allylic oxidation sites excluding steroid dienone is 1. The fourth-order valence-corrected chi connectivity index (χ4v) is 2.75. The van der Waals surface area contributed by atoms with Crippen LogP contribution < -0.4 is 5.32 Å². The van der Waals surface area contributed by atoms with Crippen molar-refractivity contribution in [1.82, 2.24) is 5.32 Å². The summed E-state index contributed by atoms with van der Waals surface area (Å²) < 4.78 is 0. The maximum absolute atomic E-state index is 10.8. The highest BCUT2D eigenvalue weighted by Gasteiger charge is 2.29. The van der Waals surface area contributed by atoms with Gasteiger partial charge in [-0.15, -0.1) is 0 Å². The van der Waals surface area contributed by atoms with E-state index < -0.39 is 6.09 Å². The number of hydrogen-bond acceptors (Lipinski definition) is 4. The quantitative estimate of drug-likeness (QED) is 0.409. The van der Waals surface area contributed by atoms with Gasteiger partial charge in [-0.1, -0.05) is 29.1 Å². The van der Waals surface area contributed by atoms with Gasteiger partial charge in [-0.3, -0.25) is 4.84 Å². The molecule has 2 bridgehead atoms. The first-order valence-corrected chi connectivity index (χ1v) is 5.49. The first-order valence-electron chi connectivity index (χ1n) is 4.61. The summed E-state index contributed by atoms with van der Waals surface area (Å²) >= 11 is 1.69. The van der Waals surface area contributed by atoms with Crippen molar-refractivity contribution in [2.24, 2.45) is 11.1 Å². The number of fused-ring (bicyclic) bond motifs is 2. The van der Waals surface area contributed by atoms with Crippen molar-refractivity contribution in [3.05, 3.63) is 12.2 Å². The first-order chi connectivity index (χ1) is 6.79. The number of rotatable bonds is 1. The van der Waals surface area contributed by atoms with E-state index >= 15 is 0 Å². The minimum atomic E-state index is -0.511. The molecule has 1 saturated heterocycles. The first kappa shape index (κ1) is 9.58. The molecule has 0 aromatic heterocycles. The Balaban J connectivity index is 1.99. The summed E-state index contributed by atoms with van der Waals surface area (Å²) in [5.74, 6) is 0.356. The van der Waals surface area contributed by atoms with Gasteiger partial charge >= 0.3 is 6.09 Å². The zero-order valence-corrected chi connectivity index (χ0v) is 8.71. The third kappa shape index (κ3) is 1.92. The summed E-state index contributed by atoms with van der Waals surface area (Å²) in [5.41, 5.74) is 0. The SMILES string of the molecule is CNC(=O)ON=C1SC2C=CC1CC2. The lowest BCUT2D eigenvalue weighted by atomic mass is 9.96. The molecule has 0 saturated carbocycles. The lowest BCUT2D eigenvalue weighted by molar-refractivity contribution is 0.153. The van der Waals surface area contributed by atoms with Gasteiger partial charge in [0.25, 0.3) is 0 Å². The van der Waals surface area contributed by atoms with E-state index in [0.29, 0.717) is 11.2 Å². The van der Waals surface area contributed by atoms with Gasteiger partial charge in [-0.2, -0.15) is 0 Å². The minimum Gasteiger partial charge on any atom is -0.323 e. The Hall–Kier alpha value is -0.970. The number of hydrogen-bond donors (Lipinski definition) is 1. The van der Waals surface area contributed by atoms with Crippen LogP contribution in [0.3, 0.4) is 0 Å². The van der Waals surface area contributed by atoms with Gasteiger partial charge in [0.1, 0.15) is 5.04 Å². The van der Waals surface area contributed by atoms with Gasteiger partial charge < -0.3 is 5.32 Å². The van der Waals surface area contributed by atoms with E-state index in [1.807, 2.05) is 0 Å². The van der Waals surface area contributed by atoms with Gasteiger partial charge in [-0.05, 0) is 12.8 Å². The Bertz CT molecular complexity index is 301. The zero-order chi connectivity index (χ0) is 9.97. The molecule has 5 heteroatoms. The molecule has 1 amide bonds. The Kier molecular flexibility index (Phi) is 2.77.